The van der Waals surface area contributed by atoms with E-state index in [-0.39, 0.29) is 0 Å². The number of benzene rings is 1. The first kappa shape index (κ1) is 14.6. The topological polar surface area (TPSA) is 107 Å². The van der Waals surface area contributed by atoms with Gasteiger partial charge >= 0.3 is 0 Å². The fraction of sp³-hybridized carbons (Fsp3) is 0.312. The molecule has 0 amide bonds. The molecule has 1 aliphatic carbocycles. The van der Waals surface area contributed by atoms with Crippen LogP contribution in [0.5, 0.6) is 5.75 Å². The summed E-state index contributed by atoms with van der Waals surface area (Å²) in [6.45, 7) is 1.68. The van der Waals surface area contributed by atoms with E-state index in [4.69, 9.17) is 26.4 Å². The summed E-state index contributed by atoms with van der Waals surface area (Å²) in [6.07, 6.45) is 2.93. The van der Waals surface area contributed by atoms with Gasteiger partial charge in [0.2, 0.25) is 0 Å². The Morgan fingerprint density at radius 3 is 2.29 bits per heavy atom. The minimum Gasteiger partial charge on any atom is -0.454 e. The summed E-state index contributed by atoms with van der Waals surface area (Å²) in [5.74, 6) is 1.22. The van der Waals surface area contributed by atoms with Gasteiger partial charge in [0.15, 0.2) is 5.76 Å². The van der Waals surface area contributed by atoms with Crippen LogP contribution in [0.2, 0.25) is 0 Å². The molecule has 21 heavy (non-hydrogen) atoms. The molecule has 0 atom stereocenters. The van der Waals surface area contributed by atoms with E-state index < -0.39 is 0 Å². The molecule has 0 spiro atoms. The lowest BCUT2D eigenvalue weighted by Gasteiger charge is -2.13. The number of nitrogens with one attached hydrogen (secondary N) is 1. The maximum atomic E-state index is 8.97. The molecule has 1 fully saturated rings. The number of nitrogens with two attached hydrogens (primary N) is 1. The predicted octanol–water partition coefficient (Wildman–Crippen LogP) is 2.82. The number of nitriles is 2. The van der Waals surface area contributed by atoms with Crippen molar-refractivity contribution in [3.63, 3.8) is 0 Å². The van der Waals surface area contributed by atoms with Crippen LogP contribution in [-0.4, -0.2) is 5.71 Å². The first-order valence-electron chi connectivity index (χ1n) is 6.70. The molecule has 1 saturated carbocycles. The largest absolute Gasteiger partial charge is 0.454 e. The Hall–Kier alpha value is -2.79. The van der Waals surface area contributed by atoms with Gasteiger partial charge in [0.25, 0.3) is 0 Å². The molecule has 5 heteroatoms. The van der Waals surface area contributed by atoms with Gasteiger partial charge in [0, 0.05) is 0 Å². The maximum absolute atomic E-state index is 8.97. The summed E-state index contributed by atoms with van der Waals surface area (Å²) < 4.78 is 5.68. The number of allylic oxidation sites excluding steroid dienone is 2. The average molecular weight is 280 g/mol. The molecule has 0 saturated heterocycles. The second kappa shape index (κ2) is 6.11. The van der Waals surface area contributed by atoms with Crippen LogP contribution in [-0.2, 0) is 0 Å². The molecular formula is C16H16N4O. The fourth-order valence-electron chi connectivity index (χ4n) is 1.99. The van der Waals surface area contributed by atoms with Crippen molar-refractivity contribution in [1.29, 1.82) is 15.9 Å². The number of rotatable bonds is 5. The molecule has 2 rings (SSSR count). The van der Waals surface area contributed by atoms with Crippen molar-refractivity contribution in [2.45, 2.75) is 26.2 Å². The van der Waals surface area contributed by atoms with Gasteiger partial charge in [-0.1, -0.05) is 0 Å². The summed E-state index contributed by atoms with van der Waals surface area (Å²) >= 11 is 0. The molecule has 0 radical (unpaired) electrons. The van der Waals surface area contributed by atoms with E-state index in [2.05, 4.69) is 0 Å². The minimum absolute atomic E-state index is 0.320. The average Bonchev–Trinajstić information content (AvgIpc) is 3.27. The predicted molar refractivity (Wildman–Crippen MR) is 78.5 cm³/mol. The van der Waals surface area contributed by atoms with Crippen LogP contribution < -0.4 is 10.5 Å². The summed E-state index contributed by atoms with van der Waals surface area (Å²) in [5.41, 5.74) is 7.26. The lowest BCUT2D eigenvalue weighted by atomic mass is 10.1. The zero-order valence-corrected chi connectivity index (χ0v) is 11.8. The van der Waals surface area contributed by atoms with Gasteiger partial charge in [-0.05, 0) is 50.3 Å². The van der Waals surface area contributed by atoms with Crippen molar-refractivity contribution in [3.05, 3.63) is 40.8 Å². The summed E-state index contributed by atoms with van der Waals surface area (Å²) in [4.78, 5) is 0. The summed E-state index contributed by atoms with van der Waals surface area (Å²) in [7, 11) is 0. The maximum Gasteiger partial charge on any atom is 0.166 e. The van der Waals surface area contributed by atoms with Crippen LogP contribution in [0.1, 0.15) is 37.3 Å². The normalized spacial score (nSPS) is 14.6. The van der Waals surface area contributed by atoms with Crippen molar-refractivity contribution in [3.8, 4) is 17.9 Å². The number of hydrogen-bond donors (Lipinski definition) is 2. The molecule has 1 aromatic rings. The molecule has 3 N–H and O–H groups in total. The van der Waals surface area contributed by atoms with Crippen LogP contribution in [0.4, 0.5) is 0 Å². The molecule has 0 aromatic heterocycles. The van der Waals surface area contributed by atoms with Gasteiger partial charge in [0.05, 0.1) is 34.7 Å². The molecule has 1 aliphatic rings. The molecule has 0 aliphatic heterocycles. The minimum atomic E-state index is 0.320. The van der Waals surface area contributed by atoms with E-state index >= 15 is 0 Å². The highest BCUT2D eigenvalue weighted by atomic mass is 16.5. The highest BCUT2D eigenvalue weighted by Gasteiger charge is 2.25. The highest BCUT2D eigenvalue weighted by molar-refractivity contribution is 5.97. The first-order chi connectivity index (χ1) is 10.0. The summed E-state index contributed by atoms with van der Waals surface area (Å²) in [6, 6.07) is 8.53. The third-order valence-corrected chi connectivity index (χ3v) is 3.21. The Labute approximate surface area is 123 Å². The van der Waals surface area contributed by atoms with Crippen LogP contribution in [0.15, 0.2) is 29.7 Å². The lowest BCUT2D eigenvalue weighted by molar-refractivity contribution is 0.443. The highest BCUT2D eigenvalue weighted by Crippen LogP contribution is 2.34. The van der Waals surface area contributed by atoms with Crippen molar-refractivity contribution in [2.24, 2.45) is 11.7 Å². The molecule has 5 nitrogen and oxygen atoms in total. The van der Waals surface area contributed by atoms with Crippen molar-refractivity contribution < 1.29 is 4.74 Å². The van der Waals surface area contributed by atoms with Crippen LogP contribution in [0, 0.1) is 34.0 Å². The number of hydrogen-bond acceptors (Lipinski definition) is 5. The SMILES string of the molecule is C/C(N)=C(\Oc1cc(C#N)cc(C#N)c1)C(=N)CC1CC1. The van der Waals surface area contributed by atoms with Crippen LogP contribution in [0.25, 0.3) is 0 Å². The van der Waals surface area contributed by atoms with E-state index in [1.54, 1.807) is 6.92 Å². The van der Waals surface area contributed by atoms with Crippen LogP contribution >= 0.6 is 0 Å². The van der Waals surface area contributed by atoms with Gasteiger partial charge in [-0.15, -0.1) is 0 Å². The van der Waals surface area contributed by atoms with E-state index in [1.165, 1.54) is 18.2 Å². The third-order valence-electron chi connectivity index (χ3n) is 3.21. The van der Waals surface area contributed by atoms with E-state index in [9.17, 15) is 0 Å². The molecule has 0 bridgehead atoms. The first-order valence-corrected chi connectivity index (χ1v) is 6.70. The molecule has 0 heterocycles. The standard InChI is InChI=1S/C16H16N4O/c1-10(19)16(15(20)7-11-2-3-11)21-14-5-12(8-17)4-13(6-14)9-18/h4-6,11,20H,2-3,7,19H2,1H3/b16-10+,20-15?. The monoisotopic (exact) mass is 280 g/mol. The Kier molecular flexibility index (Phi) is 4.25. The molecule has 106 valence electrons. The van der Waals surface area contributed by atoms with Crippen molar-refractivity contribution in [1.82, 2.24) is 0 Å². The van der Waals surface area contributed by atoms with E-state index in [1.807, 2.05) is 12.1 Å². The van der Waals surface area contributed by atoms with Gasteiger partial charge in [0.1, 0.15) is 5.75 Å². The Balaban J connectivity index is 2.25. The van der Waals surface area contributed by atoms with Gasteiger partial charge < -0.3 is 15.9 Å². The number of ether oxygens (including phenoxy) is 1. The lowest BCUT2D eigenvalue weighted by Crippen LogP contribution is -2.15. The Bertz CT molecular complexity index is 651. The van der Waals surface area contributed by atoms with E-state index in [0.29, 0.717) is 46.4 Å². The zero-order chi connectivity index (χ0) is 15.4. The van der Waals surface area contributed by atoms with Crippen molar-refractivity contribution in [2.75, 3.05) is 0 Å². The summed E-state index contributed by atoms with van der Waals surface area (Å²) in [5, 5.41) is 26.0. The Morgan fingerprint density at radius 1 is 1.29 bits per heavy atom. The van der Waals surface area contributed by atoms with Gasteiger partial charge in [-0.25, -0.2) is 0 Å². The smallest absolute Gasteiger partial charge is 0.166 e. The Morgan fingerprint density at radius 2 is 1.86 bits per heavy atom. The molecule has 1 aromatic carbocycles. The second-order valence-electron chi connectivity index (χ2n) is 5.21. The van der Waals surface area contributed by atoms with Gasteiger partial charge in [-0.3, -0.25) is 0 Å². The molecule has 0 unspecified atom stereocenters. The second-order valence-corrected chi connectivity index (χ2v) is 5.21. The van der Waals surface area contributed by atoms with Crippen molar-refractivity contribution >= 4 is 5.71 Å². The quantitative estimate of drug-likeness (QED) is 0.638. The zero-order valence-electron chi connectivity index (χ0n) is 11.8. The van der Waals surface area contributed by atoms with Gasteiger partial charge in [-0.2, -0.15) is 10.5 Å². The van der Waals surface area contributed by atoms with Crippen LogP contribution in [0.3, 0.4) is 0 Å². The van der Waals surface area contributed by atoms with E-state index in [0.717, 1.165) is 12.8 Å². The third kappa shape index (κ3) is 3.84. The molecular weight excluding hydrogens is 264 g/mol. The fourth-order valence-corrected chi connectivity index (χ4v) is 1.99. The number of nitrogens with zero attached hydrogens (tertiary/aromatic N) is 2.